The molecule has 2 unspecified atom stereocenters. The van der Waals surface area contributed by atoms with Gasteiger partial charge in [0.05, 0.1) is 11.9 Å². The number of imide groups is 1. The summed E-state index contributed by atoms with van der Waals surface area (Å²) in [5.74, 6) is -1.77. The summed E-state index contributed by atoms with van der Waals surface area (Å²) in [7, 11) is 1.80. The van der Waals surface area contributed by atoms with Crippen LogP contribution >= 0.6 is 11.8 Å². The molecule has 0 bridgehead atoms. The maximum Gasteiger partial charge on any atom is 0.321 e. The molecule has 9 nitrogen and oxygen atoms in total. The van der Waals surface area contributed by atoms with Crippen LogP contribution in [0.5, 0.6) is 0 Å². The minimum absolute atomic E-state index is 0.0364. The lowest BCUT2D eigenvalue weighted by molar-refractivity contribution is -0.139. The van der Waals surface area contributed by atoms with Gasteiger partial charge in [-0.25, -0.2) is 0 Å². The average molecular weight is 349 g/mol. The van der Waals surface area contributed by atoms with E-state index in [4.69, 9.17) is 15.9 Å². The summed E-state index contributed by atoms with van der Waals surface area (Å²) >= 11 is 1.06. The molecule has 1 aliphatic rings. The van der Waals surface area contributed by atoms with Crippen molar-refractivity contribution in [2.24, 2.45) is 5.73 Å². The largest absolute Gasteiger partial charge is 0.480 e. The number of nitrogens with one attached hydrogen (secondary N) is 1. The maximum atomic E-state index is 11.8. The van der Waals surface area contributed by atoms with Crippen LogP contribution in [0.4, 0.5) is 0 Å². The second-order valence-electron chi connectivity index (χ2n) is 4.64. The van der Waals surface area contributed by atoms with Crippen molar-refractivity contribution >= 4 is 35.8 Å². The smallest absolute Gasteiger partial charge is 0.321 e. The average Bonchev–Trinajstić information content (AvgIpc) is 2.78. The number of carbonyl (C=O) groups excluding carboxylic acids is 3. The number of carboxylic acids is 1. The van der Waals surface area contributed by atoms with Crippen molar-refractivity contribution in [3.05, 3.63) is 0 Å². The fraction of sp³-hybridized carbons (Fsp3) is 0.692. The molecule has 5 N–H and O–H groups in total. The second kappa shape index (κ2) is 12.0. The molecule has 0 aliphatic carbocycles. The topological polar surface area (TPSA) is 150 Å². The van der Waals surface area contributed by atoms with Crippen molar-refractivity contribution in [2.75, 3.05) is 32.5 Å². The number of carbonyl (C=O) groups is 4. The minimum Gasteiger partial charge on any atom is -0.480 e. The third-order valence-electron chi connectivity index (χ3n) is 2.83. The van der Waals surface area contributed by atoms with Gasteiger partial charge in [0.25, 0.3) is 0 Å². The summed E-state index contributed by atoms with van der Waals surface area (Å²) in [5, 5.41) is 18.8. The van der Waals surface area contributed by atoms with Crippen LogP contribution in [0.1, 0.15) is 12.8 Å². The molecular formula is C13H23N3O6S. The first-order chi connectivity index (χ1) is 10.9. The van der Waals surface area contributed by atoms with Gasteiger partial charge in [0, 0.05) is 31.7 Å². The summed E-state index contributed by atoms with van der Waals surface area (Å²) < 4.78 is 0. The number of rotatable bonds is 9. The van der Waals surface area contributed by atoms with Gasteiger partial charge in [-0.1, -0.05) is 0 Å². The molecule has 1 fully saturated rings. The van der Waals surface area contributed by atoms with E-state index >= 15 is 0 Å². The molecule has 10 heteroatoms. The summed E-state index contributed by atoms with van der Waals surface area (Å²) in [6.07, 6.45) is 0.791. The van der Waals surface area contributed by atoms with E-state index < -0.39 is 17.3 Å². The first kappa shape index (κ1) is 21.5. The van der Waals surface area contributed by atoms with Crippen LogP contribution in [0.3, 0.4) is 0 Å². The van der Waals surface area contributed by atoms with Crippen LogP contribution in [0.15, 0.2) is 0 Å². The summed E-state index contributed by atoms with van der Waals surface area (Å²) in [6, 6.07) is -1.05. The van der Waals surface area contributed by atoms with Crippen LogP contribution < -0.4 is 11.1 Å². The zero-order valence-electron chi connectivity index (χ0n) is 12.9. The first-order valence-electron chi connectivity index (χ1n) is 7.02. The van der Waals surface area contributed by atoms with Crippen molar-refractivity contribution in [1.82, 2.24) is 10.2 Å². The van der Waals surface area contributed by atoms with Crippen LogP contribution in [0.2, 0.25) is 0 Å². The molecule has 0 aromatic carbocycles. The molecule has 132 valence electrons. The summed E-state index contributed by atoms with van der Waals surface area (Å²) in [4.78, 5) is 45.1. The Hall–Kier alpha value is -1.49. The molecule has 1 heterocycles. The van der Waals surface area contributed by atoms with Crippen LogP contribution in [0.25, 0.3) is 0 Å². The number of nitrogens with zero attached hydrogens (tertiary/aromatic N) is 1. The number of aldehydes is 1. The van der Waals surface area contributed by atoms with Crippen LogP contribution in [0, 0.1) is 0 Å². The fourth-order valence-corrected chi connectivity index (χ4v) is 2.72. The Kier molecular flexibility index (Phi) is 11.2. The Bertz CT molecular complexity index is 419. The van der Waals surface area contributed by atoms with Gasteiger partial charge < -0.3 is 26.1 Å². The highest BCUT2D eigenvalue weighted by atomic mass is 32.2. The molecule has 0 radical (unpaired) electrons. The predicted molar refractivity (Wildman–Crippen MR) is 84.9 cm³/mol. The van der Waals surface area contributed by atoms with E-state index in [1.165, 1.54) is 0 Å². The van der Waals surface area contributed by atoms with Gasteiger partial charge in [-0.3, -0.25) is 19.3 Å². The van der Waals surface area contributed by atoms with Gasteiger partial charge >= 0.3 is 5.97 Å². The van der Waals surface area contributed by atoms with Gasteiger partial charge in [0.1, 0.15) is 12.3 Å². The van der Waals surface area contributed by atoms with Crippen LogP contribution in [-0.2, 0) is 19.2 Å². The van der Waals surface area contributed by atoms with Crippen LogP contribution in [-0.4, -0.2) is 83.0 Å². The number of hydrogen-bond acceptors (Lipinski definition) is 8. The summed E-state index contributed by atoms with van der Waals surface area (Å²) in [6.45, 7) is 1.01. The zero-order valence-corrected chi connectivity index (χ0v) is 13.8. The maximum absolute atomic E-state index is 11.8. The Morgan fingerprint density at radius 2 is 2.22 bits per heavy atom. The molecule has 0 aromatic rings. The van der Waals surface area contributed by atoms with E-state index in [0.717, 1.165) is 16.7 Å². The number of likely N-dealkylation sites (N-methyl/N-ethyl adjacent to an activating group) is 1. The number of carboxylic acid groups (broad SMARTS) is 1. The van der Waals surface area contributed by atoms with Gasteiger partial charge in [-0.15, -0.1) is 11.8 Å². The van der Waals surface area contributed by atoms with Crippen molar-refractivity contribution < 1.29 is 29.4 Å². The van der Waals surface area contributed by atoms with Gasteiger partial charge in [-0.05, 0) is 7.05 Å². The molecule has 2 atom stereocenters. The highest BCUT2D eigenvalue weighted by Crippen LogP contribution is 2.25. The van der Waals surface area contributed by atoms with Crippen molar-refractivity contribution in [1.29, 1.82) is 0 Å². The summed E-state index contributed by atoms with van der Waals surface area (Å²) in [5.41, 5.74) is 5.31. The Morgan fingerprint density at radius 3 is 2.65 bits per heavy atom. The lowest BCUT2D eigenvalue weighted by Gasteiger charge is -2.13. The number of likely N-dealkylation sites (tertiary alicyclic amines) is 1. The highest BCUT2D eigenvalue weighted by molar-refractivity contribution is 8.00. The molecule has 1 saturated heterocycles. The van der Waals surface area contributed by atoms with E-state index in [1.54, 1.807) is 7.05 Å². The van der Waals surface area contributed by atoms with Gasteiger partial charge in [0.2, 0.25) is 11.8 Å². The zero-order chi connectivity index (χ0) is 17.8. The minimum atomic E-state index is -1.14. The van der Waals surface area contributed by atoms with E-state index in [2.05, 4.69) is 5.32 Å². The normalized spacial score (nSPS) is 18.4. The van der Waals surface area contributed by atoms with Crippen molar-refractivity contribution in [2.45, 2.75) is 24.1 Å². The molecule has 23 heavy (non-hydrogen) atoms. The second-order valence-corrected chi connectivity index (χ2v) is 5.87. The molecule has 2 amide bonds. The number of aliphatic hydroxyl groups is 1. The van der Waals surface area contributed by atoms with Crippen molar-refractivity contribution in [3.8, 4) is 0 Å². The van der Waals surface area contributed by atoms with Gasteiger partial charge in [0.15, 0.2) is 0 Å². The third kappa shape index (κ3) is 8.07. The first-order valence-corrected chi connectivity index (χ1v) is 8.07. The number of hydrogen-bond donors (Lipinski definition) is 4. The molecule has 1 aliphatic heterocycles. The molecular weight excluding hydrogens is 326 g/mol. The Labute approximate surface area is 138 Å². The Morgan fingerprint density at radius 1 is 1.57 bits per heavy atom. The number of thioether (sulfide) groups is 1. The van der Waals surface area contributed by atoms with E-state index in [1.807, 2.05) is 0 Å². The SMILES string of the molecule is CNCCO.NC(CSC1CC(=O)N(CCC=O)C1=O)C(=O)O. The predicted octanol–water partition coefficient (Wildman–Crippen LogP) is -1.95. The monoisotopic (exact) mass is 349 g/mol. The quantitative estimate of drug-likeness (QED) is 0.275. The fourth-order valence-electron chi connectivity index (χ4n) is 1.60. The standard InChI is InChI=1S/C10H14N2O5S.C3H9NO/c11-6(10(16)17)5-18-7-4-8(14)12(9(7)15)2-1-3-13;1-4-2-3-5/h3,6-7H,1-2,4-5,11H2,(H,16,17);4-5H,2-3H2,1H3. The third-order valence-corrected chi connectivity index (χ3v) is 4.15. The Balaban J connectivity index is 0.000000841. The number of aliphatic hydroxyl groups excluding tert-OH is 1. The highest BCUT2D eigenvalue weighted by Gasteiger charge is 2.38. The molecule has 0 aromatic heterocycles. The lowest BCUT2D eigenvalue weighted by atomic mass is 10.3. The van der Waals surface area contributed by atoms with Crippen molar-refractivity contribution in [3.63, 3.8) is 0 Å². The number of nitrogens with two attached hydrogens (primary N) is 1. The van der Waals surface area contributed by atoms with Gasteiger partial charge in [-0.2, -0.15) is 0 Å². The lowest BCUT2D eigenvalue weighted by Crippen LogP contribution is -2.35. The molecule has 0 saturated carbocycles. The molecule has 1 rings (SSSR count). The number of aliphatic carboxylic acids is 1. The molecule has 0 spiro atoms. The van der Waals surface area contributed by atoms with E-state index in [9.17, 15) is 19.2 Å². The number of amides is 2. The van der Waals surface area contributed by atoms with E-state index in [-0.39, 0.29) is 43.6 Å². The van der Waals surface area contributed by atoms with E-state index in [0.29, 0.717) is 12.8 Å².